The van der Waals surface area contributed by atoms with Crippen LogP contribution < -0.4 is 14.5 Å². The Balaban J connectivity index is 1.09. The van der Waals surface area contributed by atoms with E-state index in [0.29, 0.717) is 11.0 Å². The summed E-state index contributed by atoms with van der Waals surface area (Å²) in [6, 6.07) is 6.16. The van der Waals surface area contributed by atoms with E-state index in [1.807, 2.05) is 24.5 Å². The SMILES string of the molecule is CCc1cnc(N2CCC(Oc3ccc(CN4CCN(c5nnn(C)n5)CC4)cc3Cl)CC2)nc1. The van der Waals surface area contributed by atoms with Gasteiger partial charge in [0.25, 0.3) is 5.95 Å². The molecule has 2 aliphatic heterocycles. The summed E-state index contributed by atoms with van der Waals surface area (Å²) in [5, 5.41) is 13.0. The minimum atomic E-state index is 0.146. The Morgan fingerprint density at radius 1 is 0.943 bits per heavy atom. The lowest BCUT2D eigenvalue weighted by Crippen LogP contribution is -2.46. The van der Waals surface area contributed by atoms with Crippen molar-refractivity contribution in [2.75, 3.05) is 49.1 Å². The van der Waals surface area contributed by atoms with E-state index in [1.54, 1.807) is 7.05 Å². The molecule has 0 unspecified atom stereocenters. The van der Waals surface area contributed by atoms with Gasteiger partial charge in [0.15, 0.2) is 0 Å². The maximum absolute atomic E-state index is 6.62. The van der Waals surface area contributed by atoms with Gasteiger partial charge < -0.3 is 14.5 Å². The van der Waals surface area contributed by atoms with Crippen LogP contribution in [0.4, 0.5) is 11.9 Å². The summed E-state index contributed by atoms with van der Waals surface area (Å²) in [7, 11) is 1.79. The summed E-state index contributed by atoms with van der Waals surface area (Å²) < 4.78 is 6.28. The third-order valence-electron chi connectivity index (χ3n) is 6.67. The lowest BCUT2D eigenvalue weighted by Gasteiger charge is -2.34. The molecular formula is C24H32ClN9O. The van der Waals surface area contributed by atoms with E-state index in [1.165, 1.54) is 10.4 Å². The van der Waals surface area contributed by atoms with Crippen molar-refractivity contribution in [1.82, 2.24) is 35.1 Å². The lowest BCUT2D eigenvalue weighted by atomic mass is 10.1. The third-order valence-corrected chi connectivity index (χ3v) is 6.97. The topological polar surface area (TPSA) is 88.3 Å². The number of hydrogen-bond donors (Lipinski definition) is 0. The van der Waals surface area contributed by atoms with Crippen molar-refractivity contribution in [1.29, 1.82) is 0 Å². The van der Waals surface area contributed by atoms with Gasteiger partial charge in [-0.1, -0.05) is 29.7 Å². The van der Waals surface area contributed by atoms with Crippen LogP contribution >= 0.6 is 11.6 Å². The molecule has 0 amide bonds. The molecule has 2 saturated heterocycles. The van der Waals surface area contributed by atoms with E-state index in [2.05, 4.69) is 53.1 Å². The first kappa shape index (κ1) is 23.7. The highest BCUT2D eigenvalue weighted by Crippen LogP contribution is 2.29. The number of rotatable bonds is 7. The van der Waals surface area contributed by atoms with Crippen molar-refractivity contribution in [2.45, 2.75) is 38.8 Å². The van der Waals surface area contributed by atoms with Gasteiger partial charge in [-0.25, -0.2) is 9.97 Å². The molecule has 2 aromatic heterocycles. The largest absolute Gasteiger partial charge is 0.489 e. The van der Waals surface area contributed by atoms with Crippen LogP contribution in [0.15, 0.2) is 30.6 Å². The normalized spacial score (nSPS) is 17.7. The van der Waals surface area contributed by atoms with Gasteiger partial charge in [0, 0.05) is 71.0 Å². The van der Waals surface area contributed by atoms with Crippen molar-refractivity contribution in [3.63, 3.8) is 0 Å². The minimum absolute atomic E-state index is 0.146. The minimum Gasteiger partial charge on any atom is -0.489 e. The molecule has 2 fully saturated rings. The maximum Gasteiger partial charge on any atom is 0.266 e. The number of anilines is 2. The number of piperazine rings is 1. The Morgan fingerprint density at radius 2 is 1.66 bits per heavy atom. The molecule has 0 radical (unpaired) electrons. The zero-order chi connectivity index (χ0) is 24.2. The Morgan fingerprint density at radius 3 is 2.29 bits per heavy atom. The smallest absolute Gasteiger partial charge is 0.266 e. The Kier molecular flexibility index (Phi) is 7.29. The number of aryl methyl sites for hydroxylation is 2. The summed E-state index contributed by atoms with van der Waals surface area (Å²) in [4.78, 5) is 17.3. The average molecular weight is 498 g/mol. The molecule has 10 nitrogen and oxygen atoms in total. The second kappa shape index (κ2) is 10.7. The van der Waals surface area contributed by atoms with Gasteiger partial charge in [0.05, 0.1) is 12.1 Å². The number of piperidine rings is 1. The molecule has 3 aromatic rings. The van der Waals surface area contributed by atoms with E-state index in [4.69, 9.17) is 16.3 Å². The molecule has 0 N–H and O–H groups in total. The molecule has 11 heteroatoms. The van der Waals surface area contributed by atoms with Gasteiger partial charge in [-0.3, -0.25) is 4.90 Å². The van der Waals surface area contributed by atoms with E-state index in [0.717, 1.165) is 82.3 Å². The van der Waals surface area contributed by atoms with Gasteiger partial charge in [0.2, 0.25) is 5.95 Å². The second-order valence-corrected chi connectivity index (χ2v) is 9.56. The van der Waals surface area contributed by atoms with E-state index < -0.39 is 0 Å². The Labute approximate surface area is 210 Å². The fourth-order valence-corrected chi connectivity index (χ4v) is 4.80. The molecule has 4 heterocycles. The second-order valence-electron chi connectivity index (χ2n) is 9.16. The molecule has 2 aliphatic rings. The summed E-state index contributed by atoms with van der Waals surface area (Å²) in [6.07, 6.45) is 6.77. The highest BCUT2D eigenvalue weighted by atomic mass is 35.5. The number of benzene rings is 1. The van der Waals surface area contributed by atoms with Gasteiger partial charge in [0.1, 0.15) is 11.9 Å². The summed E-state index contributed by atoms with van der Waals surface area (Å²) in [6.45, 7) is 8.37. The fraction of sp³-hybridized carbons (Fsp3) is 0.542. The number of aromatic nitrogens is 6. The first-order valence-electron chi connectivity index (χ1n) is 12.3. The number of tetrazole rings is 1. The average Bonchev–Trinajstić information content (AvgIpc) is 3.33. The van der Waals surface area contributed by atoms with Crippen LogP contribution in [0, 0.1) is 0 Å². The van der Waals surface area contributed by atoms with Gasteiger partial charge >= 0.3 is 0 Å². The van der Waals surface area contributed by atoms with Crippen LogP contribution in [-0.4, -0.2) is 80.4 Å². The highest BCUT2D eigenvalue weighted by molar-refractivity contribution is 6.32. The third kappa shape index (κ3) is 5.82. The highest BCUT2D eigenvalue weighted by Gasteiger charge is 2.24. The summed E-state index contributed by atoms with van der Waals surface area (Å²) in [5.41, 5.74) is 2.35. The lowest BCUT2D eigenvalue weighted by molar-refractivity contribution is 0.170. The van der Waals surface area contributed by atoms with Crippen LogP contribution in [0.5, 0.6) is 5.75 Å². The molecule has 5 rings (SSSR count). The number of ether oxygens (including phenoxy) is 1. The molecule has 0 aliphatic carbocycles. The van der Waals surface area contributed by atoms with E-state index in [9.17, 15) is 0 Å². The monoisotopic (exact) mass is 497 g/mol. The van der Waals surface area contributed by atoms with Crippen LogP contribution in [-0.2, 0) is 20.0 Å². The van der Waals surface area contributed by atoms with E-state index >= 15 is 0 Å². The van der Waals surface area contributed by atoms with Crippen molar-refractivity contribution in [3.05, 3.63) is 46.7 Å². The molecule has 0 atom stereocenters. The summed E-state index contributed by atoms with van der Waals surface area (Å²) in [5.74, 6) is 2.26. The predicted octanol–water partition coefficient (Wildman–Crippen LogP) is 2.59. The predicted molar refractivity (Wildman–Crippen MR) is 135 cm³/mol. The first-order chi connectivity index (χ1) is 17.1. The molecule has 0 spiro atoms. The number of halogens is 1. The zero-order valence-electron chi connectivity index (χ0n) is 20.3. The first-order valence-corrected chi connectivity index (χ1v) is 12.7. The van der Waals surface area contributed by atoms with Crippen molar-refractivity contribution < 1.29 is 4.74 Å². The molecule has 0 saturated carbocycles. The fourth-order valence-electron chi connectivity index (χ4n) is 4.55. The van der Waals surface area contributed by atoms with Crippen LogP contribution in [0.1, 0.15) is 30.9 Å². The van der Waals surface area contributed by atoms with Crippen molar-refractivity contribution >= 4 is 23.5 Å². The Bertz CT molecular complexity index is 1110. The van der Waals surface area contributed by atoms with Crippen LogP contribution in [0.25, 0.3) is 0 Å². The number of hydrogen-bond acceptors (Lipinski definition) is 9. The van der Waals surface area contributed by atoms with E-state index in [-0.39, 0.29) is 6.10 Å². The molecule has 1 aromatic carbocycles. The van der Waals surface area contributed by atoms with Gasteiger partial charge in [-0.15, -0.1) is 5.10 Å². The molecule has 186 valence electrons. The van der Waals surface area contributed by atoms with Crippen LogP contribution in [0.2, 0.25) is 5.02 Å². The Hall–Kier alpha value is -2.98. The van der Waals surface area contributed by atoms with Gasteiger partial charge in [-0.05, 0) is 34.9 Å². The van der Waals surface area contributed by atoms with Crippen molar-refractivity contribution in [2.24, 2.45) is 7.05 Å². The maximum atomic E-state index is 6.62. The summed E-state index contributed by atoms with van der Waals surface area (Å²) >= 11 is 6.62. The molecule has 0 bridgehead atoms. The number of nitrogens with zero attached hydrogens (tertiary/aromatic N) is 9. The molecular weight excluding hydrogens is 466 g/mol. The molecule has 35 heavy (non-hydrogen) atoms. The van der Waals surface area contributed by atoms with Gasteiger partial charge in [-0.2, -0.15) is 4.80 Å². The zero-order valence-corrected chi connectivity index (χ0v) is 21.1. The van der Waals surface area contributed by atoms with Crippen molar-refractivity contribution in [3.8, 4) is 5.75 Å². The standard InChI is InChI=1S/C24H32ClN9O/c1-3-18-15-26-23(27-16-18)33-8-6-20(7-9-33)35-22-5-4-19(14-21(22)25)17-32-10-12-34(13-11-32)24-28-30-31(2)29-24/h4-5,14-16,20H,3,6-13,17H2,1-2H3. The van der Waals surface area contributed by atoms with Crippen LogP contribution in [0.3, 0.4) is 0 Å². The quantitative estimate of drug-likeness (QED) is 0.488.